The Balaban J connectivity index is 1.35. The van der Waals surface area contributed by atoms with E-state index in [4.69, 9.17) is 0 Å². The molecule has 23 heavy (non-hydrogen) atoms. The Hall–Kier alpha value is -2.55. The van der Waals surface area contributed by atoms with Crippen molar-refractivity contribution >= 4 is 11.5 Å². The second-order valence-electron chi connectivity index (χ2n) is 5.91. The van der Waals surface area contributed by atoms with Crippen molar-refractivity contribution in [3.63, 3.8) is 0 Å². The minimum atomic E-state index is 0.540. The zero-order valence-electron chi connectivity index (χ0n) is 13.2. The van der Waals surface area contributed by atoms with Crippen LogP contribution in [0.4, 0.5) is 5.82 Å². The molecule has 0 amide bonds. The number of hydrogen-bond acceptors (Lipinski definition) is 7. The summed E-state index contributed by atoms with van der Waals surface area (Å²) >= 11 is 0. The normalized spacial score (nSPS) is 15.5. The molecular formula is C14H19N9. The Kier molecular flexibility index (Phi) is 3.41. The molecule has 120 valence electrons. The highest BCUT2D eigenvalue weighted by atomic mass is 15.4. The molecule has 1 saturated heterocycles. The van der Waals surface area contributed by atoms with Crippen molar-refractivity contribution in [2.45, 2.75) is 19.5 Å². The summed E-state index contributed by atoms with van der Waals surface area (Å²) in [6.07, 6.45) is 3.60. The number of nitrogens with zero attached hydrogens (tertiary/aromatic N) is 9. The molecule has 4 heterocycles. The molecule has 3 aromatic heterocycles. The van der Waals surface area contributed by atoms with Crippen LogP contribution in [0.3, 0.4) is 0 Å². The van der Waals surface area contributed by atoms with Crippen LogP contribution in [-0.2, 0) is 6.54 Å². The van der Waals surface area contributed by atoms with E-state index in [2.05, 4.69) is 42.5 Å². The maximum absolute atomic E-state index is 4.61. The summed E-state index contributed by atoms with van der Waals surface area (Å²) in [5, 5.41) is 20.5. The average molecular weight is 313 g/mol. The molecule has 0 aliphatic carbocycles. The zero-order valence-corrected chi connectivity index (χ0v) is 13.2. The molecule has 0 atom stereocenters. The van der Waals surface area contributed by atoms with Gasteiger partial charge in [0.1, 0.15) is 5.82 Å². The molecule has 0 N–H and O–H groups in total. The van der Waals surface area contributed by atoms with E-state index in [1.165, 1.54) is 0 Å². The summed E-state index contributed by atoms with van der Waals surface area (Å²) in [5.74, 6) is 1.78. The Morgan fingerprint density at radius 1 is 1.26 bits per heavy atom. The molecule has 0 unspecified atom stereocenters. The van der Waals surface area contributed by atoms with Gasteiger partial charge in [-0.1, -0.05) is 5.21 Å². The lowest BCUT2D eigenvalue weighted by Gasteiger charge is -2.44. The van der Waals surface area contributed by atoms with Gasteiger partial charge in [-0.3, -0.25) is 9.58 Å². The van der Waals surface area contributed by atoms with Gasteiger partial charge in [0.05, 0.1) is 12.7 Å². The van der Waals surface area contributed by atoms with Gasteiger partial charge in [-0.15, -0.1) is 20.4 Å². The van der Waals surface area contributed by atoms with Gasteiger partial charge in [-0.2, -0.15) is 4.52 Å². The Labute approximate surface area is 133 Å². The summed E-state index contributed by atoms with van der Waals surface area (Å²) in [5.41, 5.74) is 0.785. The highest BCUT2D eigenvalue weighted by molar-refractivity contribution is 5.47. The lowest BCUT2D eigenvalue weighted by molar-refractivity contribution is 0.194. The molecule has 1 fully saturated rings. The number of rotatable bonds is 5. The maximum Gasteiger partial charge on any atom is 0.178 e. The molecule has 0 bridgehead atoms. The third kappa shape index (κ3) is 2.63. The van der Waals surface area contributed by atoms with E-state index in [0.717, 1.165) is 43.5 Å². The van der Waals surface area contributed by atoms with E-state index < -0.39 is 0 Å². The molecular weight excluding hydrogens is 294 g/mol. The molecule has 0 radical (unpaired) electrons. The smallest absolute Gasteiger partial charge is 0.178 e. The first-order chi connectivity index (χ1) is 11.2. The summed E-state index contributed by atoms with van der Waals surface area (Å²) < 4.78 is 3.65. The summed E-state index contributed by atoms with van der Waals surface area (Å²) in [6, 6.07) is 4.51. The minimum Gasteiger partial charge on any atom is -0.352 e. The van der Waals surface area contributed by atoms with Crippen LogP contribution in [0.5, 0.6) is 0 Å². The van der Waals surface area contributed by atoms with Crippen molar-refractivity contribution in [2.24, 2.45) is 0 Å². The van der Waals surface area contributed by atoms with Gasteiger partial charge in [-0.05, 0) is 26.1 Å². The van der Waals surface area contributed by atoms with Crippen molar-refractivity contribution in [1.29, 1.82) is 0 Å². The highest BCUT2D eigenvalue weighted by Gasteiger charge is 2.31. The van der Waals surface area contributed by atoms with Crippen molar-refractivity contribution in [3.05, 3.63) is 30.4 Å². The van der Waals surface area contributed by atoms with Crippen LogP contribution < -0.4 is 4.90 Å². The number of aryl methyl sites for hydroxylation is 1. The van der Waals surface area contributed by atoms with Crippen LogP contribution in [0.2, 0.25) is 0 Å². The zero-order chi connectivity index (χ0) is 15.8. The highest BCUT2D eigenvalue weighted by Crippen LogP contribution is 2.21. The Bertz CT molecular complexity index is 788. The number of likely N-dealkylation sites (N-methyl/N-ethyl adjacent to an activating group) is 1. The van der Waals surface area contributed by atoms with E-state index in [1.54, 1.807) is 10.7 Å². The van der Waals surface area contributed by atoms with E-state index in [1.807, 2.05) is 29.9 Å². The van der Waals surface area contributed by atoms with Gasteiger partial charge in [0.2, 0.25) is 0 Å². The fraction of sp³-hybridized carbons (Fsp3) is 0.500. The predicted octanol–water partition coefficient (Wildman–Crippen LogP) is -0.155. The summed E-state index contributed by atoms with van der Waals surface area (Å²) in [6.45, 7) is 5.69. The molecule has 0 spiro atoms. The van der Waals surface area contributed by atoms with E-state index >= 15 is 0 Å². The first-order valence-electron chi connectivity index (χ1n) is 7.69. The van der Waals surface area contributed by atoms with Gasteiger partial charge < -0.3 is 4.90 Å². The second kappa shape index (κ2) is 5.58. The van der Waals surface area contributed by atoms with Crippen LogP contribution in [0.15, 0.2) is 24.5 Å². The van der Waals surface area contributed by atoms with Gasteiger partial charge in [-0.25, -0.2) is 0 Å². The van der Waals surface area contributed by atoms with Crippen LogP contribution in [0, 0.1) is 6.92 Å². The van der Waals surface area contributed by atoms with Crippen LogP contribution in [0.1, 0.15) is 5.82 Å². The molecule has 0 aromatic carbocycles. The lowest BCUT2D eigenvalue weighted by atomic mass is 10.1. The lowest BCUT2D eigenvalue weighted by Crippen LogP contribution is -2.59. The summed E-state index contributed by atoms with van der Waals surface area (Å²) in [4.78, 5) is 4.64. The quantitative estimate of drug-likeness (QED) is 0.648. The van der Waals surface area contributed by atoms with E-state index in [0.29, 0.717) is 6.04 Å². The first kappa shape index (κ1) is 14.1. The van der Waals surface area contributed by atoms with Crippen LogP contribution in [-0.4, -0.2) is 72.4 Å². The molecule has 0 saturated carbocycles. The Morgan fingerprint density at radius 3 is 2.91 bits per heavy atom. The third-order valence-corrected chi connectivity index (χ3v) is 4.37. The second-order valence-corrected chi connectivity index (χ2v) is 5.91. The van der Waals surface area contributed by atoms with Crippen molar-refractivity contribution < 1.29 is 0 Å². The minimum absolute atomic E-state index is 0.540. The molecule has 9 heteroatoms. The number of fused-ring (bicyclic) bond motifs is 1. The van der Waals surface area contributed by atoms with Crippen LogP contribution in [0.25, 0.3) is 5.65 Å². The fourth-order valence-corrected chi connectivity index (χ4v) is 2.77. The first-order valence-corrected chi connectivity index (χ1v) is 7.69. The van der Waals surface area contributed by atoms with Gasteiger partial charge in [0.15, 0.2) is 11.5 Å². The number of aromatic nitrogens is 7. The van der Waals surface area contributed by atoms with Crippen molar-refractivity contribution in [2.75, 3.05) is 31.6 Å². The molecule has 9 nitrogen and oxygen atoms in total. The van der Waals surface area contributed by atoms with Gasteiger partial charge in [0, 0.05) is 31.9 Å². The number of hydrogen-bond donors (Lipinski definition) is 0. The van der Waals surface area contributed by atoms with Crippen molar-refractivity contribution in [1.82, 2.24) is 39.7 Å². The van der Waals surface area contributed by atoms with E-state index in [-0.39, 0.29) is 0 Å². The molecule has 4 rings (SSSR count). The Morgan fingerprint density at radius 2 is 2.13 bits per heavy atom. The average Bonchev–Trinajstić information content (AvgIpc) is 3.14. The maximum atomic E-state index is 4.61. The SMILES string of the molecule is Cc1nnc2ccc(N3CC(N(C)CCn4ccnn4)C3)nn12. The molecule has 1 aliphatic rings. The third-order valence-electron chi connectivity index (χ3n) is 4.37. The van der Waals surface area contributed by atoms with Crippen LogP contribution >= 0.6 is 0 Å². The number of anilines is 1. The van der Waals surface area contributed by atoms with Gasteiger partial charge in [0.25, 0.3) is 0 Å². The van der Waals surface area contributed by atoms with Crippen molar-refractivity contribution in [3.8, 4) is 0 Å². The topological polar surface area (TPSA) is 80.3 Å². The summed E-state index contributed by atoms with van der Waals surface area (Å²) in [7, 11) is 2.15. The fourth-order valence-electron chi connectivity index (χ4n) is 2.77. The monoisotopic (exact) mass is 313 g/mol. The molecule has 3 aromatic rings. The molecule has 1 aliphatic heterocycles. The standard InChI is InChI=1S/C14H19N9/c1-11-16-17-13-3-4-14(18-23(11)13)21-9-12(10-21)20(2)7-8-22-6-5-15-19-22/h3-6,12H,7-10H2,1-2H3. The predicted molar refractivity (Wildman–Crippen MR) is 84.2 cm³/mol. The van der Waals surface area contributed by atoms with Gasteiger partial charge >= 0.3 is 0 Å². The largest absolute Gasteiger partial charge is 0.352 e. The van der Waals surface area contributed by atoms with E-state index in [9.17, 15) is 0 Å².